The third-order valence-electron chi connectivity index (χ3n) is 1.48. The molecule has 0 radical (unpaired) electrons. The molecule has 4 heteroatoms. The van der Waals surface area contributed by atoms with Crippen LogP contribution >= 0.6 is 11.9 Å². The summed E-state index contributed by atoms with van der Waals surface area (Å²) in [6, 6.07) is 0. The van der Waals surface area contributed by atoms with Crippen LogP contribution in [0.25, 0.3) is 0 Å². The Kier molecular flexibility index (Phi) is 2.34. The second-order valence-corrected chi connectivity index (χ2v) is 3.52. The van der Waals surface area contributed by atoms with Crippen LogP contribution in [0.3, 0.4) is 0 Å². The topological polar surface area (TPSA) is 25.9 Å². The molecule has 0 aliphatic carbocycles. The number of carbonyl (C=O) groups is 1. The third-order valence-corrected chi connectivity index (χ3v) is 2.32. The lowest BCUT2D eigenvalue weighted by molar-refractivity contribution is -0.676. The van der Waals surface area contributed by atoms with Crippen LogP contribution in [0.1, 0.15) is 12.7 Å². The van der Waals surface area contributed by atoms with E-state index in [2.05, 4.69) is 0 Å². The molecule has 0 bridgehead atoms. The number of aromatic nitrogens is 2. The first-order valence-electron chi connectivity index (χ1n) is 3.33. The highest BCUT2D eigenvalue weighted by atomic mass is 32.2. The van der Waals surface area contributed by atoms with E-state index >= 15 is 0 Å². The average molecular weight is 171 g/mol. The van der Waals surface area contributed by atoms with Gasteiger partial charge in [-0.15, -0.1) is 0 Å². The Morgan fingerprint density at radius 3 is 2.73 bits per heavy atom. The molecule has 0 saturated heterocycles. The molecule has 0 amide bonds. The Balaban J connectivity index is 2.87. The fourth-order valence-corrected chi connectivity index (χ4v) is 1.42. The number of hydrogen-bond donors (Lipinski definition) is 0. The van der Waals surface area contributed by atoms with E-state index in [0.717, 1.165) is 5.82 Å². The molecule has 3 nitrogen and oxygen atoms in total. The van der Waals surface area contributed by atoms with Crippen LogP contribution in [0.2, 0.25) is 0 Å². The van der Waals surface area contributed by atoms with E-state index in [0.29, 0.717) is 0 Å². The predicted octanol–water partition coefficient (Wildman–Crippen LogP) is 0.664. The summed E-state index contributed by atoms with van der Waals surface area (Å²) >= 11 is 1.20. The third kappa shape index (κ3) is 1.83. The summed E-state index contributed by atoms with van der Waals surface area (Å²) in [6.07, 6.45) is 3.80. The van der Waals surface area contributed by atoms with Gasteiger partial charge in [0, 0.05) is 13.8 Å². The van der Waals surface area contributed by atoms with Crippen molar-refractivity contribution in [1.29, 1.82) is 0 Å². The Morgan fingerprint density at radius 1 is 1.73 bits per heavy atom. The largest absolute Gasteiger partial charge is 0.283 e. The maximum absolute atomic E-state index is 10.7. The summed E-state index contributed by atoms with van der Waals surface area (Å²) in [4.78, 5) is 10.7. The van der Waals surface area contributed by atoms with Crippen LogP contribution < -0.4 is 4.57 Å². The highest BCUT2D eigenvalue weighted by Crippen LogP contribution is 2.07. The van der Waals surface area contributed by atoms with Gasteiger partial charge in [-0.25, -0.2) is 4.57 Å². The molecule has 1 aromatic heterocycles. The zero-order valence-corrected chi connectivity index (χ0v) is 7.68. The van der Waals surface area contributed by atoms with E-state index in [1.807, 2.05) is 34.9 Å². The molecular formula is C7H11N2OS+. The average Bonchev–Trinajstić information content (AvgIpc) is 2.18. The normalized spacial score (nSPS) is 10.1. The Hall–Kier alpha value is -0.770. The Labute approximate surface area is 70.2 Å². The lowest BCUT2D eigenvalue weighted by Gasteiger charge is -1.90. The van der Waals surface area contributed by atoms with Crippen molar-refractivity contribution in [2.24, 2.45) is 7.05 Å². The molecule has 0 unspecified atom stereocenters. The van der Waals surface area contributed by atoms with Crippen LogP contribution in [-0.4, -0.2) is 9.09 Å². The zero-order valence-electron chi connectivity index (χ0n) is 6.87. The maximum Gasteiger partial charge on any atom is 0.265 e. The quantitative estimate of drug-likeness (QED) is 0.580. The van der Waals surface area contributed by atoms with Crippen LogP contribution in [0.4, 0.5) is 0 Å². The van der Waals surface area contributed by atoms with E-state index in [1.54, 1.807) is 6.92 Å². The summed E-state index contributed by atoms with van der Waals surface area (Å²) in [6.45, 7) is 3.53. The first kappa shape index (κ1) is 8.33. The summed E-state index contributed by atoms with van der Waals surface area (Å²) in [5.41, 5.74) is 0. The number of nitrogens with zero attached hydrogens (tertiary/aromatic N) is 2. The second-order valence-electron chi connectivity index (χ2n) is 2.36. The van der Waals surface area contributed by atoms with Crippen molar-refractivity contribution in [3.8, 4) is 0 Å². The van der Waals surface area contributed by atoms with Crippen molar-refractivity contribution in [3.63, 3.8) is 0 Å². The van der Waals surface area contributed by atoms with Gasteiger partial charge in [0.1, 0.15) is 24.3 Å². The SMILES string of the molecule is CC(=O)Sn1cc[n+](C)c1C. The zero-order chi connectivity index (χ0) is 8.43. The van der Waals surface area contributed by atoms with Crippen molar-refractivity contribution in [2.75, 3.05) is 0 Å². The van der Waals surface area contributed by atoms with Gasteiger partial charge in [-0.05, 0) is 0 Å². The monoisotopic (exact) mass is 171 g/mol. The molecule has 0 fully saturated rings. The standard InChI is InChI=1S/C7H11N2OS/c1-6-8(3)4-5-9(6)11-7(2)10/h4-5H,1-3H3/q+1. The fourth-order valence-electron chi connectivity index (χ4n) is 0.767. The van der Waals surface area contributed by atoms with Crippen LogP contribution in [0.5, 0.6) is 0 Å². The van der Waals surface area contributed by atoms with Crippen molar-refractivity contribution in [1.82, 2.24) is 3.97 Å². The molecule has 60 valence electrons. The van der Waals surface area contributed by atoms with Crippen LogP contribution in [-0.2, 0) is 11.8 Å². The van der Waals surface area contributed by atoms with E-state index in [-0.39, 0.29) is 5.12 Å². The molecule has 0 saturated carbocycles. The van der Waals surface area contributed by atoms with Crippen molar-refractivity contribution in [2.45, 2.75) is 13.8 Å². The lowest BCUT2D eigenvalue weighted by Crippen LogP contribution is -2.29. The minimum absolute atomic E-state index is 0.101. The van der Waals surface area contributed by atoms with Gasteiger partial charge in [-0.2, -0.15) is 3.97 Å². The predicted molar refractivity (Wildman–Crippen MR) is 44.0 cm³/mol. The van der Waals surface area contributed by atoms with Gasteiger partial charge in [-0.3, -0.25) is 4.79 Å². The van der Waals surface area contributed by atoms with Crippen molar-refractivity contribution < 1.29 is 9.36 Å². The Bertz CT molecular complexity index is 280. The molecule has 0 N–H and O–H groups in total. The molecule has 0 aromatic carbocycles. The van der Waals surface area contributed by atoms with Gasteiger partial charge in [-0.1, -0.05) is 0 Å². The molecule has 11 heavy (non-hydrogen) atoms. The maximum atomic E-state index is 10.7. The summed E-state index contributed by atoms with van der Waals surface area (Å²) in [5, 5.41) is 0.101. The van der Waals surface area contributed by atoms with Crippen molar-refractivity contribution >= 4 is 17.1 Å². The number of rotatable bonds is 1. The van der Waals surface area contributed by atoms with Gasteiger partial charge < -0.3 is 0 Å². The molecule has 1 rings (SSSR count). The second kappa shape index (κ2) is 3.09. The van der Waals surface area contributed by atoms with E-state index < -0.39 is 0 Å². The number of carbonyl (C=O) groups excluding carboxylic acids is 1. The van der Waals surface area contributed by atoms with E-state index in [4.69, 9.17) is 0 Å². The summed E-state index contributed by atoms with van der Waals surface area (Å²) in [7, 11) is 1.95. The smallest absolute Gasteiger partial charge is 0.265 e. The fraction of sp³-hybridized carbons (Fsp3) is 0.429. The summed E-state index contributed by atoms with van der Waals surface area (Å²) in [5.74, 6) is 1.06. The molecule has 1 heterocycles. The van der Waals surface area contributed by atoms with Gasteiger partial charge in [0.05, 0.1) is 7.05 Å². The first-order chi connectivity index (χ1) is 5.11. The van der Waals surface area contributed by atoms with Crippen LogP contribution in [0, 0.1) is 6.92 Å². The minimum atomic E-state index is 0.101. The van der Waals surface area contributed by atoms with Gasteiger partial charge in [0.2, 0.25) is 5.12 Å². The molecule has 0 aliphatic rings. The van der Waals surface area contributed by atoms with Crippen LogP contribution in [0.15, 0.2) is 12.4 Å². The molecule has 1 aromatic rings. The molecule has 0 spiro atoms. The Morgan fingerprint density at radius 2 is 2.36 bits per heavy atom. The molecule has 0 aliphatic heterocycles. The summed E-state index contributed by atoms with van der Waals surface area (Å²) < 4.78 is 3.82. The van der Waals surface area contributed by atoms with E-state index in [1.165, 1.54) is 11.9 Å². The van der Waals surface area contributed by atoms with Gasteiger partial charge >= 0.3 is 0 Å². The highest BCUT2D eigenvalue weighted by Gasteiger charge is 2.11. The van der Waals surface area contributed by atoms with Gasteiger partial charge in [0.15, 0.2) is 0 Å². The van der Waals surface area contributed by atoms with Crippen molar-refractivity contribution in [3.05, 3.63) is 18.2 Å². The highest BCUT2D eigenvalue weighted by molar-refractivity contribution is 8.12. The van der Waals surface area contributed by atoms with E-state index in [9.17, 15) is 4.79 Å². The lowest BCUT2D eigenvalue weighted by atomic mass is 10.7. The first-order valence-corrected chi connectivity index (χ1v) is 4.11. The minimum Gasteiger partial charge on any atom is -0.283 e. The number of imidazole rings is 1. The molecule has 0 atom stereocenters. The van der Waals surface area contributed by atoms with Gasteiger partial charge in [0.25, 0.3) is 5.82 Å². The molecular weight excluding hydrogens is 160 g/mol. The number of aryl methyl sites for hydroxylation is 1. The number of hydrogen-bond acceptors (Lipinski definition) is 2.